The van der Waals surface area contributed by atoms with Crippen LogP contribution in [-0.4, -0.2) is 49.8 Å². The molecule has 3 heterocycles. The van der Waals surface area contributed by atoms with Gasteiger partial charge in [-0.2, -0.15) is 9.97 Å². The van der Waals surface area contributed by atoms with Crippen molar-refractivity contribution >= 4 is 35.0 Å². The zero-order valence-electron chi connectivity index (χ0n) is 18.8. The molecule has 12 heteroatoms. The topological polar surface area (TPSA) is 144 Å². The summed E-state index contributed by atoms with van der Waals surface area (Å²) in [5.41, 5.74) is 1.58. The highest BCUT2D eigenvalue weighted by Gasteiger charge is 2.41. The standard InChI is InChI=1S/C22H23N5O7/c1-12(28)24-22-25-19-18(20(26-22)31-10-15-7-5-4-6-8-15)23-11-27(19)17-9-16(32-13(2)29)21(34-17)33-14(3)30/h4-8,11,16-17,21H,9-10H2,1-3H3,(H,24,25,26,28). The minimum absolute atomic E-state index is 0.0240. The lowest BCUT2D eigenvalue weighted by atomic mass is 10.2. The van der Waals surface area contributed by atoms with Crippen molar-refractivity contribution in [3.05, 3.63) is 42.2 Å². The van der Waals surface area contributed by atoms with Crippen LogP contribution in [0.5, 0.6) is 5.88 Å². The molecular formula is C22H23N5O7. The molecule has 4 rings (SSSR count). The summed E-state index contributed by atoms with van der Waals surface area (Å²) in [5, 5.41) is 2.55. The fourth-order valence-corrected chi connectivity index (χ4v) is 3.51. The molecule has 34 heavy (non-hydrogen) atoms. The minimum Gasteiger partial charge on any atom is -0.471 e. The van der Waals surface area contributed by atoms with Crippen LogP contribution in [0.25, 0.3) is 11.2 Å². The van der Waals surface area contributed by atoms with Crippen LogP contribution >= 0.6 is 0 Å². The van der Waals surface area contributed by atoms with Gasteiger partial charge in [0.15, 0.2) is 17.3 Å². The zero-order valence-corrected chi connectivity index (χ0v) is 18.8. The second kappa shape index (κ2) is 9.83. The number of amides is 1. The highest BCUT2D eigenvalue weighted by Crippen LogP contribution is 2.35. The number of nitrogens with zero attached hydrogens (tertiary/aromatic N) is 4. The molecule has 3 atom stereocenters. The van der Waals surface area contributed by atoms with E-state index in [-0.39, 0.29) is 30.8 Å². The lowest BCUT2D eigenvalue weighted by Crippen LogP contribution is -2.30. The monoisotopic (exact) mass is 469 g/mol. The van der Waals surface area contributed by atoms with Crippen molar-refractivity contribution < 1.29 is 33.3 Å². The number of benzene rings is 1. The van der Waals surface area contributed by atoms with E-state index in [2.05, 4.69) is 20.3 Å². The maximum absolute atomic E-state index is 11.6. The zero-order chi connectivity index (χ0) is 24.2. The van der Waals surface area contributed by atoms with Gasteiger partial charge in [-0.1, -0.05) is 30.3 Å². The molecule has 1 aliphatic heterocycles. The Morgan fingerprint density at radius 2 is 1.82 bits per heavy atom. The Balaban J connectivity index is 1.67. The van der Waals surface area contributed by atoms with E-state index in [1.54, 1.807) is 4.57 Å². The third-order valence-corrected chi connectivity index (χ3v) is 4.83. The quantitative estimate of drug-likeness (QED) is 0.511. The largest absolute Gasteiger partial charge is 0.471 e. The second-order valence-corrected chi connectivity index (χ2v) is 7.58. The molecule has 0 aliphatic carbocycles. The molecule has 2 aromatic heterocycles. The third kappa shape index (κ3) is 5.29. The van der Waals surface area contributed by atoms with E-state index in [0.29, 0.717) is 11.2 Å². The van der Waals surface area contributed by atoms with E-state index in [9.17, 15) is 14.4 Å². The maximum Gasteiger partial charge on any atom is 0.305 e. The van der Waals surface area contributed by atoms with Gasteiger partial charge >= 0.3 is 11.9 Å². The number of ether oxygens (including phenoxy) is 4. The Morgan fingerprint density at radius 1 is 1.09 bits per heavy atom. The van der Waals surface area contributed by atoms with Gasteiger partial charge in [-0.15, -0.1) is 0 Å². The van der Waals surface area contributed by atoms with Crippen LogP contribution in [0.4, 0.5) is 5.95 Å². The molecule has 1 N–H and O–H groups in total. The average molecular weight is 469 g/mol. The van der Waals surface area contributed by atoms with E-state index in [4.69, 9.17) is 18.9 Å². The predicted molar refractivity (Wildman–Crippen MR) is 116 cm³/mol. The molecule has 178 valence electrons. The molecule has 0 spiro atoms. The van der Waals surface area contributed by atoms with Crippen LogP contribution in [0.15, 0.2) is 36.7 Å². The van der Waals surface area contributed by atoms with Crippen molar-refractivity contribution in [2.24, 2.45) is 0 Å². The van der Waals surface area contributed by atoms with Gasteiger partial charge in [-0.25, -0.2) is 4.98 Å². The summed E-state index contributed by atoms with van der Waals surface area (Å²) in [6.45, 7) is 4.05. The molecule has 1 saturated heterocycles. The molecule has 1 aliphatic rings. The van der Waals surface area contributed by atoms with E-state index in [0.717, 1.165) is 5.56 Å². The van der Waals surface area contributed by atoms with Crippen LogP contribution in [0.3, 0.4) is 0 Å². The molecular weight excluding hydrogens is 446 g/mol. The number of fused-ring (bicyclic) bond motifs is 1. The second-order valence-electron chi connectivity index (χ2n) is 7.58. The van der Waals surface area contributed by atoms with Crippen LogP contribution in [0.1, 0.15) is 39.0 Å². The summed E-state index contributed by atoms with van der Waals surface area (Å²) in [6.07, 6.45) is -0.968. The number of esters is 2. The maximum atomic E-state index is 11.6. The van der Waals surface area contributed by atoms with Gasteiger partial charge in [0.05, 0.1) is 6.33 Å². The van der Waals surface area contributed by atoms with Gasteiger partial charge < -0.3 is 18.9 Å². The van der Waals surface area contributed by atoms with Gasteiger partial charge in [0.2, 0.25) is 24.0 Å². The predicted octanol–water partition coefficient (Wildman–Crippen LogP) is 2.10. The van der Waals surface area contributed by atoms with Crippen molar-refractivity contribution in [3.63, 3.8) is 0 Å². The number of carbonyl (C=O) groups is 3. The number of aromatic nitrogens is 4. The SMILES string of the molecule is CC(=O)Nc1nc(OCc2ccccc2)c2ncn(C3CC(OC(C)=O)C(OC(C)=O)O3)c2n1. The molecule has 1 amide bonds. The van der Waals surface area contributed by atoms with Crippen LogP contribution < -0.4 is 10.1 Å². The summed E-state index contributed by atoms with van der Waals surface area (Å²) >= 11 is 0. The number of anilines is 1. The molecule has 0 saturated carbocycles. The Bertz CT molecular complexity index is 1190. The number of rotatable bonds is 7. The van der Waals surface area contributed by atoms with Crippen molar-refractivity contribution in [2.45, 2.75) is 52.4 Å². The summed E-state index contributed by atoms with van der Waals surface area (Å²) < 4.78 is 23.7. The minimum atomic E-state index is -1.09. The van der Waals surface area contributed by atoms with Gasteiger partial charge in [0.1, 0.15) is 12.8 Å². The first-order chi connectivity index (χ1) is 16.3. The number of nitrogens with one attached hydrogen (secondary N) is 1. The van der Waals surface area contributed by atoms with Crippen LogP contribution in [0.2, 0.25) is 0 Å². The van der Waals surface area contributed by atoms with Crippen LogP contribution in [-0.2, 0) is 35.2 Å². The summed E-state index contributed by atoms with van der Waals surface area (Å²) in [4.78, 5) is 47.7. The normalized spacial score (nSPS) is 19.6. The molecule has 1 aromatic carbocycles. The number of hydrogen-bond donors (Lipinski definition) is 1. The van der Waals surface area contributed by atoms with Gasteiger partial charge in [0, 0.05) is 27.2 Å². The van der Waals surface area contributed by atoms with Crippen molar-refractivity contribution in [1.82, 2.24) is 19.5 Å². The highest BCUT2D eigenvalue weighted by atomic mass is 16.7. The fraction of sp³-hybridized carbons (Fsp3) is 0.364. The van der Waals surface area contributed by atoms with E-state index in [1.165, 1.54) is 27.1 Å². The summed E-state index contributed by atoms with van der Waals surface area (Å²) in [6, 6.07) is 9.49. The molecule has 3 aromatic rings. The lowest BCUT2D eigenvalue weighted by molar-refractivity contribution is -0.198. The smallest absolute Gasteiger partial charge is 0.305 e. The summed E-state index contributed by atoms with van der Waals surface area (Å²) in [7, 11) is 0. The molecule has 1 fully saturated rings. The molecule has 0 bridgehead atoms. The number of carbonyl (C=O) groups excluding carboxylic acids is 3. The van der Waals surface area contributed by atoms with Crippen molar-refractivity contribution in [1.29, 1.82) is 0 Å². The molecule has 12 nitrogen and oxygen atoms in total. The summed E-state index contributed by atoms with van der Waals surface area (Å²) in [5.74, 6) is -1.28. The lowest BCUT2D eigenvalue weighted by Gasteiger charge is -2.17. The number of imidazole rings is 1. The van der Waals surface area contributed by atoms with Gasteiger partial charge in [-0.05, 0) is 5.56 Å². The highest BCUT2D eigenvalue weighted by molar-refractivity contribution is 5.88. The Hall–Kier alpha value is -4.06. The van der Waals surface area contributed by atoms with E-state index < -0.39 is 30.6 Å². The van der Waals surface area contributed by atoms with Crippen LogP contribution in [0, 0.1) is 0 Å². The Labute approximate surface area is 194 Å². The van der Waals surface area contributed by atoms with Crippen molar-refractivity contribution in [2.75, 3.05) is 5.32 Å². The third-order valence-electron chi connectivity index (χ3n) is 4.83. The Morgan fingerprint density at radius 3 is 2.50 bits per heavy atom. The number of hydrogen-bond acceptors (Lipinski definition) is 10. The van der Waals surface area contributed by atoms with E-state index in [1.807, 2.05) is 30.3 Å². The first kappa shape index (κ1) is 23.1. The Kier molecular flexibility index (Phi) is 6.68. The average Bonchev–Trinajstić information content (AvgIpc) is 3.35. The van der Waals surface area contributed by atoms with Gasteiger partial charge in [-0.3, -0.25) is 24.3 Å². The van der Waals surface area contributed by atoms with Crippen molar-refractivity contribution in [3.8, 4) is 5.88 Å². The van der Waals surface area contributed by atoms with E-state index >= 15 is 0 Å². The fourth-order valence-electron chi connectivity index (χ4n) is 3.51. The molecule has 0 radical (unpaired) electrons. The van der Waals surface area contributed by atoms with Gasteiger partial charge in [0.25, 0.3) is 0 Å². The first-order valence-electron chi connectivity index (χ1n) is 10.5. The first-order valence-corrected chi connectivity index (χ1v) is 10.5. The molecule has 3 unspecified atom stereocenters.